The predicted octanol–water partition coefficient (Wildman–Crippen LogP) is 0.757. The molecule has 112 valence electrons. The van der Waals surface area contributed by atoms with Crippen molar-refractivity contribution in [2.24, 2.45) is 13.0 Å². The summed E-state index contributed by atoms with van der Waals surface area (Å²) in [5, 5.41) is 12.6. The van der Waals surface area contributed by atoms with Crippen molar-refractivity contribution in [3.05, 3.63) is 34.2 Å². The van der Waals surface area contributed by atoms with Gasteiger partial charge in [0, 0.05) is 25.1 Å². The fraction of sp³-hybridized carbons (Fsp3) is 0.467. The van der Waals surface area contributed by atoms with Crippen LogP contribution < -0.4 is 11.0 Å². The van der Waals surface area contributed by atoms with Crippen LogP contribution in [0.3, 0.4) is 0 Å². The molecule has 1 fully saturated rings. The van der Waals surface area contributed by atoms with Gasteiger partial charge >= 0.3 is 5.69 Å². The van der Waals surface area contributed by atoms with E-state index in [-0.39, 0.29) is 23.6 Å². The molecule has 1 heterocycles. The molecule has 6 nitrogen and oxygen atoms in total. The van der Waals surface area contributed by atoms with Gasteiger partial charge in [-0.25, -0.2) is 4.79 Å². The van der Waals surface area contributed by atoms with Gasteiger partial charge in [0.25, 0.3) is 5.91 Å². The Morgan fingerprint density at radius 2 is 2.29 bits per heavy atom. The largest absolute Gasteiger partial charge is 0.393 e. The topological polar surface area (TPSA) is 87.1 Å². The van der Waals surface area contributed by atoms with Gasteiger partial charge in [0.15, 0.2) is 0 Å². The van der Waals surface area contributed by atoms with E-state index < -0.39 is 0 Å². The summed E-state index contributed by atoms with van der Waals surface area (Å²) in [6.07, 6.45) is 2.47. The number of benzene rings is 1. The average molecular weight is 289 g/mol. The molecule has 1 aromatic heterocycles. The van der Waals surface area contributed by atoms with Gasteiger partial charge in [-0.1, -0.05) is 6.42 Å². The summed E-state index contributed by atoms with van der Waals surface area (Å²) in [7, 11) is 1.68. The lowest BCUT2D eigenvalue weighted by molar-refractivity contribution is 0.0917. The molecule has 0 aliphatic heterocycles. The molecule has 1 aliphatic carbocycles. The summed E-state index contributed by atoms with van der Waals surface area (Å²) in [5.74, 6) is -0.0325. The van der Waals surface area contributed by atoms with Crippen LogP contribution in [0.2, 0.25) is 0 Å². The smallest absolute Gasteiger partial charge is 0.326 e. The number of carbonyl (C=O) groups is 1. The van der Waals surface area contributed by atoms with Crippen molar-refractivity contribution in [3.63, 3.8) is 0 Å². The van der Waals surface area contributed by atoms with E-state index in [1.54, 1.807) is 25.2 Å². The molecule has 3 N–H and O–H groups in total. The predicted molar refractivity (Wildman–Crippen MR) is 79.2 cm³/mol. The van der Waals surface area contributed by atoms with E-state index in [4.69, 9.17) is 0 Å². The van der Waals surface area contributed by atoms with Crippen LogP contribution in [0.15, 0.2) is 23.0 Å². The third-order valence-electron chi connectivity index (χ3n) is 4.31. The fourth-order valence-electron chi connectivity index (χ4n) is 2.96. The SMILES string of the molecule is Cn1c(=O)[nH]c2cc(C(=O)NCC3CCCC3O)ccc21. The average Bonchev–Trinajstić information content (AvgIpc) is 3.00. The molecule has 2 unspecified atom stereocenters. The van der Waals surface area contributed by atoms with Crippen LogP contribution in [-0.2, 0) is 7.05 Å². The molecule has 3 rings (SSSR count). The van der Waals surface area contributed by atoms with E-state index >= 15 is 0 Å². The molecule has 1 amide bonds. The van der Waals surface area contributed by atoms with E-state index in [0.717, 1.165) is 24.8 Å². The number of carbonyl (C=O) groups excluding carboxylic acids is 1. The fourth-order valence-corrected chi connectivity index (χ4v) is 2.96. The molecular formula is C15H19N3O3. The van der Waals surface area contributed by atoms with Crippen LogP contribution in [0, 0.1) is 5.92 Å². The van der Waals surface area contributed by atoms with Crippen LogP contribution >= 0.6 is 0 Å². The highest BCUT2D eigenvalue weighted by Gasteiger charge is 2.25. The van der Waals surface area contributed by atoms with E-state index in [2.05, 4.69) is 10.3 Å². The maximum absolute atomic E-state index is 12.2. The van der Waals surface area contributed by atoms with Gasteiger partial charge in [0.1, 0.15) is 0 Å². The van der Waals surface area contributed by atoms with E-state index in [0.29, 0.717) is 17.6 Å². The first-order valence-corrected chi connectivity index (χ1v) is 7.21. The van der Waals surface area contributed by atoms with E-state index in [1.807, 2.05) is 0 Å². The molecule has 6 heteroatoms. The lowest BCUT2D eigenvalue weighted by atomic mass is 10.1. The maximum Gasteiger partial charge on any atom is 0.326 e. The van der Waals surface area contributed by atoms with Crippen molar-refractivity contribution in [1.29, 1.82) is 0 Å². The number of hydrogen-bond acceptors (Lipinski definition) is 3. The van der Waals surface area contributed by atoms with Gasteiger partial charge in [-0.05, 0) is 31.0 Å². The highest BCUT2D eigenvalue weighted by Crippen LogP contribution is 2.24. The van der Waals surface area contributed by atoms with Crippen LogP contribution in [0.1, 0.15) is 29.6 Å². The van der Waals surface area contributed by atoms with Crippen molar-refractivity contribution < 1.29 is 9.90 Å². The Kier molecular flexibility index (Phi) is 3.55. The lowest BCUT2D eigenvalue weighted by Gasteiger charge is -2.15. The van der Waals surface area contributed by atoms with E-state index in [1.165, 1.54) is 4.57 Å². The monoisotopic (exact) mass is 289 g/mol. The van der Waals surface area contributed by atoms with Crippen LogP contribution in [-0.4, -0.2) is 33.2 Å². The number of rotatable bonds is 3. The molecule has 0 saturated heterocycles. The number of H-pyrrole nitrogens is 1. The zero-order valence-electron chi connectivity index (χ0n) is 11.9. The number of aromatic amines is 1. The summed E-state index contributed by atoms with van der Waals surface area (Å²) in [4.78, 5) is 26.4. The Balaban J connectivity index is 1.74. The van der Waals surface area contributed by atoms with Crippen LogP contribution in [0.4, 0.5) is 0 Å². The number of nitrogens with one attached hydrogen (secondary N) is 2. The Hall–Kier alpha value is -2.08. The summed E-state index contributed by atoms with van der Waals surface area (Å²) in [5.41, 5.74) is 1.73. The minimum atomic E-state index is -0.307. The quantitative estimate of drug-likeness (QED) is 0.779. The highest BCUT2D eigenvalue weighted by atomic mass is 16.3. The third-order valence-corrected chi connectivity index (χ3v) is 4.31. The molecule has 21 heavy (non-hydrogen) atoms. The van der Waals surface area contributed by atoms with Crippen molar-refractivity contribution in [3.8, 4) is 0 Å². The minimum Gasteiger partial charge on any atom is -0.393 e. The number of hydrogen-bond donors (Lipinski definition) is 3. The van der Waals surface area contributed by atoms with Gasteiger partial charge in [-0.15, -0.1) is 0 Å². The highest BCUT2D eigenvalue weighted by molar-refractivity contribution is 5.97. The second kappa shape index (κ2) is 5.37. The molecule has 2 aromatic rings. The van der Waals surface area contributed by atoms with Gasteiger partial charge in [0.2, 0.25) is 0 Å². The molecular weight excluding hydrogens is 270 g/mol. The van der Waals surface area contributed by atoms with Crippen LogP contribution in [0.25, 0.3) is 11.0 Å². The Labute approximate surface area is 121 Å². The number of amides is 1. The Morgan fingerprint density at radius 3 is 3.00 bits per heavy atom. The molecule has 1 aromatic carbocycles. The first-order valence-electron chi connectivity index (χ1n) is 7.21. The van der Waals surface area contributed by atoms with E-state index in [9.17, 15) is 14.7 Å². The maximum atomic E-state index is 12.2. The number of aliphatic hydroxyl groups is 1. The van der Waals surface area contributed by atoms with Gasteiger partial charge in [-0.2, -0.15) is 0 Å². The minimum absolute atomic E-state index is 0.147. The first kappa shape index (κ1) is 13.9. The molecule has 0 bridgehead atoms. The third kappa shape index (κ3) is 2.58. The van der Waals surface area contributed by atoms with Crippen LogP contribution in [0.5, 0.6) is 0 Å². The molecule has 0 spiro atoms. The number of nitrogens with zero attached hydrogens (tertiary/aromatic N) is 1. The standard InChI is InChI=1S/C15H19N3O3/c1-18-12-6-5-9(7-11(12)17-15(18)21)14(20)16-8-10-3-2-4-13(10)19/h5-7,10,13,19H,2-4,8H2,1H3,(H,16,20)(H,17,21). The normalized spacial score (nSPS) is 21.8. The van der Waals surface area contributed by atoms with Gasteiger partial charge in [0.05, 0.1) is 17.1 Å². The molecule has 1 saturated carbocycles. The first-order chi connectivity index (χ1) is 10.1. The van der Waals surface area contributed by atoms with Gasteiger partial charge in [-0.3, -0.25) is 9.36 Å². The zero-order valence-corrected chi connectivity index (χ0v) is 11.9. The van der Waals surface area contributed by atoms with Crippen molar-refractivity contribution >= 4 is 16.9 Å². The number of aromatic nitrogens is 2. The number of imidazole rings is 1. The van der Waals surface area contributed by atoms with Crippen molar-refractivity contribution in [2.75, 3.05) is 6.54 Å². The van der Waals surface area contributed by atoms with Gasteiger partial charge < -0.3 is 15.4 Å². The second-order valence-corrected chi connectivity index (χ2v) is 5.69. The van der Waals surface area contributed by atoms with Crippen molar-refractivity contribution in [2.45, 2.75) is 25.4 Å². The Morgan fingerprint density at radius 1 is 1.48 bits per heavy atom. The molecule has 0 radical (unpaired) electrons. The number of aryl methyl sites for hydroxylation is 1. The Bertz CT molecular complexity index is 731. The molecule has 1 aliphatic rings. The van der Waals surface area contributed by atoms with Crippen molar-refractivity contribution in [1.82, 2.24) is 14.9 Å². The second-order valence-electron chi connectivity index (χ2n) is 5.69. The summed E-state index contributed by atoms with van der Waals surface area (Å²) in [6, 6.07) is 5.14. The summed E-state index contributed by atoms with van der Waals surface area (Å²) in [6.45, 7) is 0.489. The molecule has 2 atom stereocenters. The number of fused-ring (bicyclic) bond motifs is 1. The summed E-state index contributed by atoms with van der Waals surface area (Å²) >= 11 is 0. The number of aliphatic hydroxyl groups excluding tert-OH is 1. The summed E-state index contributed by atoms with van der Waals surface area (Å²) < 4.78 is 1.51. The zero-order chi connectivity index (χ0) is 15.0. The lowest BCUT2D eigenvalue weighted by Crippen LogP contribution is -2.32.